The van der Waals surface area contributed by atoms with Crippen LogP contribution in [0.5, 0.6) is 0 Å². The molecule has 3 aromatic rings. The van der Waals surface area contributed by atoms with Gasteiger partial charge in [-0.2, -0.15) is 5.10 Å². The Labute approximate surface area is 221 Å². The summed E-state index contributed by atoms with van der Waals surface area (Å²) in [7, 11) is 1.93. The minimum Gasteiger partial charge on any atom is -0.385 e. The van der Waals surface area contributed by atoms with Gasteiger partial charge in [-0.15, -0.1) is 0 Å². The minimum absolute atomic E-state index is 0.00972. The lowest BCUT2D eigenvalue weighted by Gasteiger charge is -2.20. The van der Waals surface area contributed by atoms with Crippen molar-refractivity contribution in [3.8, 4) is 5.69 Å². The fraction of sp³-hybridized carbons (Fsp3) is 0.385. The Morgan fingerprint density at radius 1 is 1.11 bits per heavy atom. The summed E-state index contributed by atoms with van der Waals surface area (Å²) in [5, 5.41) is 13.7. The van der Waals surface area contributed by atoms with Crippen LogP contribution in [-0.2, 0) is 0 Å². The monoisotopic (exact) mass is 534 g/mol. The van der Waals surface area contributed by atoms with E-state index >= 15 is 0 Å². The fourth-order valence-corrected chi connectivity index (χ4v) is 4.34. The summed E-state index contributed by atoms with van der Waals surface area (Å²) in [6, 6.07) is 12.3. The van der Waals surface area contributed by atoms with Gasteiger partial charge in [-0.25, -0.2) is 9.07 Å². The Hall–Kier alpha value is -2.65. The average Bonchev–Trinajstić information content (AvgIpc) is 3.26. The predicted octanol–water partition coefficient (Wildman–Crippen LogP) is 5.33. The third-order valence-electron chi connectivity index (χ3n) is 5.84. The van der Waals surface area contributed by atoms with Crippen molar-refractivity contribution in [1.29, 1.82) is 0 Å². The number of amides is 1. The first-order valence-corrected chi connectivity index (χ1v) is 12.9. The van der Waals surface area contributed by atoms with E-state index in [-0.39, 0.29) is 33.4 Å². The van der Waals surface area contributed by atoms with Crippen LogP contribution in [-0.4, -0.2) is 42.4 Å². The van der Waals surface area contributed by atoms with Crippen LogP contribution in [0.2, 0.25) is 10.2 Å². The number of hydrogen-bond acceptors (Lipinski definition) is 5. The van der Waals surface area contributed by atoms with Gasteiger partial charge in [-0.1, -0.05) is 54.2 Å². The SMILES string of the molecule is CNCCCNc1cccc(C(CCCCCN)NC(=O)c2cnn(-c3cccc(Cl)c3F)c2Cl)c1. The molecule has 1 unspecified atom stereocenters. The van der Waals surface area contributed by atoms with Crippen LogP contribution >= 0.6 is 23.2 Å². The molecule has 36 heavy (non-hydrogen) atoms. The van der Waals surface area contributed by atoms with Gasteiger partial charge in [0.15, 0.2) is 5.82 Å². The zero-order valence-electron chi connectivity index (χ0n) is 20.4. The van der Waals surface area contributed by atoms with Gasteiger partial charge in [0.05, 0.1) is 22.8 Å². The molecule has 0 radical (unpaired) electrons. The van der Waals surface area contributed by atoms with Crippen LogP contribution in [0.3, 0.4) is 0 Å². The van der Waals surface area contributed by atoms with Crippen molar-refractivity contribution in [2.75, 3.05) is 32.0 Å². The van der Waals surface area contributed by atoms with E-state index in [9.17, 15) is 9.18 Å². The lowest BCUT2D eigenvalue weighted by molar-refractivity contribution is 0.0934. The van der Waals surface area contributed by atoms with Gasteiger partial charge in [0, 0.05) is 12.2 Å². The number of carbonyl (C=O) groups excluding carboxylic acids is 1. The summed E-state index contributed by atoms with van der Waals surface area (Å²) in [4.78, 5) is 13.3. The second-order valence-corrected chi connectivity index (χ2v) is 9.27. The molecule has 0 aliphatic heterocycles. The number of rotatable bonds is 14. The molecule has 194 valence electrons. The highest BCUT2D eigenvalue weighted by Gasteiger charge is 2.22. The molecule has 3 rings (SSSR count). The number of unbranched alkanes of at least 4 members (excludes halogenated alkanes) is 2. The lowest BCUT2D eigenvalue weighted by atomic mass is 9.99. The summed E-state index contributed by atoms with van der Waals surface area (Å²) in [6.07, 6.45) is 5.88. The molecule has 2 aromatic carbocycles. The van der Waals surface area contributed by atoms with Crippen LogP contribution in [0.25, 0.3) is 5.69 Å². The van der Waals surface area contributed by atoms with Gasteiger partial charge in [0.1, 0.15) is 10.8 Å². The summed E-state index contributed by atoms with van der Waals surface area (Å²) in [5.41, 5.74) is 7.85. The maximum Gasteiger partial charge on any atom is 0.256 e. The predicted molar refractivity (Wildman–Crippen MR) is 145 cm³/mol. The topological polar surface area (TPSA) is 97.0 Å². The Morgan fingerprint density at radius 2 is 1.92 bits per heavy atom. The van der Waals surface area contributed by atoms with E-state index < -0.39 is 5.82 Å². The third kappa shape index (κ3) is 7.43. The number of aromatic nitrogens is 2. The quantitative estimate of drug-likeness (QED) is 0.209. The number of nitrogens with two attached hydrogens (primary N) is 1. The van der Waals surface area contributed by atoms with Crippen molar-refractivity contribution in [2.45, 2.75) is 38.1 Å². The number of halogens is 3. The maximum atomic E-state index is 14.5. The van der Waals surface area contributed by atoms with E-state index in [1.807, 2.05) is 25.2 Å². The largest absolute Gasteiger partial charge is 0.385 e. The van der Waals surface area contributed by atoms with Crippen LogP contribution < -0.4 is 21.7 Å². The molecule has 7 nitrogen and oxygen atoms in total. The molecule has 1 aromatic heterocycles. The van der Waals surface area contributed by atoms with E-state index in [4.69, 9.17) is 28.9 Å². The van der Waals surface area contributed by atoms with E-state index in [2.05, 4.69) is 27.1 Å². The highest BCUT2D eigenvalue weighted by Crippen LogP contribution is 2.28. The van der Waals surface area contributed by atoms with Crippen molar-refractivity contribution < 1.29 is 9.18 Å². The lowest BCUT2D eigenvalue weighted by Crippen LogP contribution is -2.28. The van der Waals surface area contributed by atoms with E-state index in [1.54, 1.807) is 6.07 Å². The minimum atomic E-state index is -0.659. The van der Waals surface area contributed by atoms with Gasteiger partial charge in [-0.05, 0) is 69.2 Å². The van der Waals surface area contributed by atoms with Gasteiger partial charge >= 0.3 is 0 Å². The average molecular weight is 535 g/mol. The number of hydrogen-bond donors (Lipinski definition) is 4. The number of benzene rings is 2. The molecule has 5 N–H and O–H groups in total. The highest BCUT2D eigenvalue weighted by molar-refractivity contribution is 6.33. The summed E-state index contributed by atoms with van der Waals surface area (Å²) in [6.45, 7) is 2.41. The second-order valence-electron chi connectivity index (χ2n) is 8.51. The maximum absolute atomic E-state index is 14.5. The molecule has 1 atom stereocenters. The van der Waals surface area contributed by atoms with E-state index in [1.165, 1.54) is 23.0 Å². The second kappa shape index (κ2) is 14.2. The molecular weight excluding hydrogens is 502 g/mol. The number of nitrogens with zero attached hydrogens (tertiary/aromatic N) is 2. The molecule has 0 aliphatic rings. The molecule has 0 bridgehead atoms. The summed E-state index contributed by atoms with van der Waals surface area (Å²) < 4.78 is 15.7. The first-order chi connectivity index (χ1) is 17.5. The fourth-order valence-electron chi connectivity index (χ4n) is 3.90. The van der Waals surface area contributed by atoms with E-state index in [0.29, 0.717) is 6.54 Å². The molecule has 1 amide bonds. The molecule has 0 fully saturated rings. The van der Waals surface area contributed by atoms with Crippen LogP contribution in [0.15, 0.2) is 48.7 Å². The normalized spacial score (nSPS) is 11.9. The van der Waals surface area contributed by atoms with Gasteiger partial charge in [0.25, 0.3) is 5.91 Å². The molecule has 0 spiro atoms. The van der Waals surface area contributed by atoms with Crippen LogP contribution in [0.4, 0.5) is 10.1 Å². The number of carbonyl (C=O) groups is 1. The Bertz CT molecular complexity index is 1140. The zero-order valence-corrected chi connectivity index (χ0v) is 21.9. The summed E-state index contributed by atoms with van der Waals surface area (Å²) >= 11 is 12.4. The highest BCUT2D eigenvalue weighted by atomic mass is 35.5. The smallest absolute Gasteiger partial charge is 0.256 e. The first-order valence-electron chi connectivity index (χ1n) is 12.1. The number of nitrogens with one attached hydrogen (secondary N) is 3. The Kier molecular flexibility index (Phi) is 11.0. The van der Waals surface area contributed by atoms with Crippen molar-refractivity contribution in [2.24, 2.45) is 5.73 Å². The molecular formula is C26H33Cl2FN6O. The molecule has 1 heterocycles. The van der Waals surface area contributed by atoms with E-state index in [0.717, 1.165) is 56.4 Å². The van der Waals surface area contributed by atoms with Gasteiger partial charge < -0.3 is 21.7 Å². The van der Waals surface area contributed by atoms with Gasteiger partial charge in [0.2, 0.25) is 0 Å². The zero-order chi connectivity index (χ0) is 25.9. The Balaban J connectivity index is 1.79. The molecule has 0 saturated heterocycles. The summed E-state index contributed by atoms with van der Waals surface area (Å²) in [5.74, 6) is -1.04. The standard InChI is InChI=1S/C26H33Cl2FN6O/c1-31-14-7-15-32-19-9-5-8-18(16-19)22(11-3-2-4-13-30)34-26(36)20-17-33-35(25(20)28)23-12-6-10-21(27)24(23)29/h5-6,8-10,12,16-17,22,31-32H,2-4,7,11,13-15,30H2,1H3,(H,34,36). The number of anilines is 1. The van der Waals surface area contributed by atoms with Crippen LogP contribution in [0, 0.1) is 5.82 Å². The van der Waals surface area contributed by atoms with Crippen molar-refractivity contribution >= 4 is 34.8 Å². The van der Waals surface area contributed by atoms with Crippen molar-refractivity contribution in [3.05, 3.63) is 75.8 Å². The molecule has 10 heteroatoms. The Morgan fingerprint density at radius 3 is 2.69 bits per heavy atom. The molecule has 0 saturated carbocycles. The third-order valence-corrected chi connectivity index (χ3v) is 6.49. The molecule has 0 aliphatic carbocycles. The van der Waals surface area contributed by atoms with Crippen molar-refractivity contribution in [1.82, 2.24) is 20.4 Å². The van der Waals surface area contributed by atoms with Crippen LogP contribution in [0.1, 0.15) is 54.1 Å². The van der Waals surface area contributed by atoms with Crippen molar-refractivity contribution in [3.63, 3.8) is 0 Å². The van der Waals surface area contributed by atoms with Gasteiger partial charge in [-0.3, -0.25) is 4.79 Å². The first kappa shape index (κ1) is 27.9.